The van der Waals surface area contributed by atoms with E-state index in [2.05, 4.69) is 15.9 Å². The van der Waals surface area contributed by atoms with Crippen LogP contribution < -0.4 is 19.6 Å². The second kappa shape index (κ2) is 8.61. The first kappa shape index (κ1) is 22.4. The standard InChI is InChI=1S/C22H18BrNO6S2/c1-28-14-6-4-13(5-7-14)16-12-18(25)22-17(10-15(29-2)11-19(22)30-3)24(16)32(26,27)21-9-8-20(23)31-21/h4-12H,1-3H3. The highest BCUT2D eigenvalue weighted by Crippen LogP contribution is 2.36. The Morgan fingerprint density at radius 1 is 0.875 bits per heavy atom. The highest BCUT2D eigenvalue weighted by molar-refractivity contribution is 9.11. The lowest BCUT2D eigenvalue weighted by Gasteiger charge is -2.18. The fourth-order valence-electron chi connectivity index (χ4n) is 3.40. The zero-order valence-corrected chi connectivity index (χ0v) is 20.5. The molecule has 0 atom stereocenters. The molecule has 0 amide bonds. The van der Waals surface area contributed by atoms with E-state index in [0.717, 1.165) is 15.3 Å². The second-order valence-electron chi connectivity index (χ2n) is 6.67. The maximum Gasteiger partial charge on any atom is 0.278 e. The van der Waals surface area contributed by atoms with Gasteiger partial charge in [0, 0.05) is 18.2 Å². The van der Waals surface area contributed by atoms with Gasteiger partial charge in [-0.1, -0.05) is 0 Å². The molecular weight excluding hydrogens is 518 g/mol. The number of pyridine rings is 1. The van der Waals surface area contributed by atoms with Gasteiger partial charge in [-0.3, -0.25) is 4.79 Å². The average molecular weight is 536 g/mol. The summed E-state index contributed by atoms with van der Waals surface area (Å²) in [4.78, 5) is 13.1. The molecule has 0 spiro atoms. The average Bonchev–Trinajstić information content (AvgIpc) is 3.25. The van der Waals surface area contributed by atoms with E-state index in [1.54, 1.807) is 43.5 Å². The van der Waals surface area contributed by atoms with Crippen LogP contribution in [0, 0.1) is 0 Å². The van der Waals surface area contributed by atoms with E-state index in [-0.39, 0.29) is 32.0 Å². The third-order valence-corrected chi connectivity index (χ3v) is 8.71. The molecule has 0 bridgehead atoms. The van der Waals surface area contributed by atoms with Crippen LogP contribution in [0.1, 0.15) is 0 Å². The fourth-order valence-corrected chi connectivity index (χ4v) is 6.99. The lowest BCUT2D eigenvalue weighted by Crippen LogP contribution is -2.19. The van der Waals surface area contributed by atoms with Crippen molar-refractivity contribution in [3.63, 3.8) is 0 Å². The minimum absolute atomic E-state index is 0.117. The quantitative estimate of drug-likeness (QED) is 0.354. The molecule has 0 radical (unpaired) electrons. The number of thiophene rings is 1. The van der Waals surface area contributed by atoms with Crippen LogP contribution in [0.15, 0.2) is 67.4 Å². The number of ether oxygens (including phenoxy) is 3. The van der Waals surface area contributed by atoms with Gasteiger partial charge in [0.2, 0.25) is 0 Å². The first-order valence-corrected chi connectivity index (χ1v) is 12.3. The van der Waals surface area contributed by atoms with Crippen molar-refractivity contribution < 1.29 is 22.6 Å². The van der Waals surface area contributed by atoms with Crippen molar-refractivity contribution in [2.45, 2.75) is 4.21 Å². The van der Waals surface area contributed by atoms with E-state index in [0.29, 0.717) is 20.8 Å². The van der Waals surface area contributed by atoms with Gasteiger partial charge < -0.3 is 14.2 Å². The van der Waals surface area contributed by atoms with Crippen molar-refractivity contribution in [2.24, 2.45) is 0 Å². The summed E-state index contributed by atoms with van der Waals surface area (Å²) in [7, 11) is 0.335. The molecule has 2 aromatic carbocycles. The van der Waals surface area contributed by atoms with Crippen LogP contribution in [0.4, 0.5) is 0 Å². The fraction of sp³-hybridized carbons (Fsp3) is 0.136. The molecule has 2 heterocycles. The summed E-state index contributed by atoms with van der Waals surface area (Å²) in [5, 5.41) is 0.143. The van der Waals surface area contributed by atoms with E-state index < -0.39 is 10.0 Å². The van der Waals surface area contributed by atoms with Crippen molar-refractivity contribution in [3.8, 4) is 28.5 Å². The van der Waals surface area contributed by atoms with E-state index >= 15 is 0 Å². The van der Waals surface area contributed by atoms with E-state index in [9.17, 15) is 13.2 Å². The third-order valence-electron chi connectivity index (χ3n) is 4.89. The van der Waals surface area contributed by atoms with Gasteiger partial charge in [0.25, 0.3) is 10.0 Å². The molecule has 0 fully saturated rings. The van der Waals surface area contributed by atoms with Crippen molar-refractivity contribution in [3.05, 3.63) is 68.6 Å². The van der Waals surface area contributed by atoms with Gasteiger partial charge in [-0.05, 0) is 57.9 Å². The van der Waals surface area contributed by atoms with Crippen LogP contribution in [0.3, 0.4) is 0 Å². The van der Waals surface area contributed by atoms with E-state index in [4.69, 9.17) is 14.2 Å². The largest absolute Gasteiger partial charge is 0.497 e. The maximum absolute atomic E-state index is 13.8. The molecule has 0 aliphatic carbocycles. The Kier molecular flexibility index (Phi) is 6.02. The number of fused-ring (bicyclic) bond motifs is 1. The number of rotatable bonds is 6. The van der Waals surface area contributed by atoms with Gasteiger partial charge in [0.1, 0.15) is 21.5 Å². The third kappa shape index (κ3) is 3.78. The number of aromatic nitrogens is 1. The Morgan fingerprint density at radius 3 is 2.12 bits per heavy atom. The molecule has 4 rings (SSSR count). The normalized spacial score (nSPS) is 11.5. The van der Waals surface area contributed by atoms with Crippen LogP contribution in [0.25, 0.3) is 22.2 Å². The molecule has 0 saturated carbocycles. The Labute approximate surface area is 197 Å². The first-order chi connectivity index (χ1) is 15.3. The van der Waals surface area contributed by atoms with Crippen molar-refractivity contribution in [1.82, 2.24) is 3.97 Å². The Morgan fingerprint density at radius 2 is 1.56 bits per heavy atom. The number of nitrogens with zero attached hydrogens (tertiary/aromatic N) is 1. The molecule has 32 heavy (non-hydrogen) atoms. The minimum Gasteiger partial charge on any atom is -0.497 e. The first-order valence-electron chi connectivity index (χ1n) is 9.27. The SMILES string of the molecule is COc1ccc(-c2cc(=O)c3c(OC)cc(OC)cc3n2S(=O)(=O)c2ccc(Br)s2)cc1. The predicted molar refractivity (Wildman–Crippen MR) is 128 cm³/mol. The molecule has 0 unspecified atom stereocenters. The summed E-state index contributed by atoms with van der Waals surface area (Å²) >= 11 is 4.40. The number of hydrogen-bond donors (Lipinski definition) is 0. The minimum atomic E-state index is -4.08. The highest BCUT2D eigenvalue weighted by Gasteiger charge is 2.27. The summed E-state index contributed by atoms with van der Waals surface area (Å²) in [5.41, 5.74) is 0.531. The summed E-state index contributed by atoms with van der Waals surface area (Å²) in [6.45, 7) is 0. The van der Waals surface area contributed by atoms with Crippen molar-refractivity contribution >= 4 is 48.2 Å². The van der Waals surface area contributed by atoms with E-state index in [1.165, 1.54) is 32.4 Å². The number of methoxy groups -OCH3 is 3. The van der Waals surface area contributed by atoms with Crippen molar-refractivity contribution in [1.29, 1.82) is 0 Å². The van der Waals surface area contributed by atoms with Gasteiger partial charge in [-0.15, -0.1) is 11.3 Å². The zero-order valence-electron chi connectivity index (χ0n) is 17.3. The topological polar surface area (TPSA) is 83.8 Å². The van der Waals surface area contributed by atoms with Gasteiger partial charge >= 0.3 is 0 Å². The summed E-state index contributed by atoms with van der Waals surface area (Å²) in [6.07, 6.45) is 0. The lowest BCUT2D eigenvalue weighted by atomic mass is 10.1. The second-order valence-corrected chi connectivity index (χ2v) is 11.2. The predicted octanol–water partition coefficient (Wildman–Crippen LogP) is 4.76. The molecule has 2 aromatic heterocycles. The monoisotopic (exact) mass is 535 g/mol. The molecule has 166 valence electrons. The number of halogens is 1. The Bertz CT molecular complexity index is 1470. The molecule has 0 N–H and O–H groups in total. The number of benzene rings is 2. The molecule has 0 saturated heterocycles. The Balaban J connectivity index is 2.18. The number of hydrogen-bond acceptors (Lipinski definition) is 7. The van der Waals surface area contributed by atoms with Crippen LogP contribution in [-0.4, -0.2) is 33.7 Å². The van der Waals surface area contributed by atoms with Crippen LogP contribution in [0.2, 0.25) is 0 Å². The van der Waals surface area contributed by atoms with Gasteiger partial charge in [-0.25, -0.2) is 3.97 Å². The van der Waals surface area contributed by atoms with E-state index in [1.807, 2.05) is 0 Å². The summed E-state index contributed by atoms with van der Waals surface area (Å²) < 4.78 is 45.6. The van der Waals surface area contributed by atoms with Crippen LogP contribution in [0.5, 0.6) is 17.2 Å². The maximum atomic E-state index is 13.8. The molecule has 10 heteroatoms. The van der Waals surface area contributed by atoms with Gasteiger partial charge in [-0.2, -0.15) is 8.42 Å². The van der Waals surface area contributed by atoms with Crippen LogP contribution >= 0.6 is 27.3 Å². The van der Waals surface area contributed by atoms with Gasteiger partial charge in [0.05, 0.1) is 41.7 Å². The highest BCUT2D eigenvalue weighted by atomic mass is 79.9. The van der Waals surface area contributed by atoms with Crippen LogP contribution in [-0.2, 0) is 10.0 Å². The molecule has 0 aliphatic rings. The van der Waals surface area contributed by atoms with Crippen molar-refractivity contribution in [2.75, 3.05) is 21.3 Å². The summed E-state index contributed by atoms with van der Waals surface area (Å²) in [5.74, 6) is 1.19. The Hall–Kier alpha value is -2.82. The molecular formula is C22H18BrNO6S2. The smallest absolute Gasteiger partial charge is 0.278 e. The molecule has 0 aliphatic heterocycles. The zero-order chi connectivity index (χ0) is 23.0. The molecule has 4 aromatic rings. The lowest BCUT2D eigenvalue weighted by molar-refractivity contribution is 0.397. The summed E-state index contributed by atoms with van der Waals surface area (Å²) in [6, 6.07) is 14.4. The molecule has 7 nitrogen and oxygen atoms in total. The van der Waals surface area contributed by atoms with Gasteiger partial charge in [0.15, 0.2) is 5.43 Å².